The number of amides is 1. The van der Waals surface area contributed by atoms with Gasteiger partial charge in [0.1, 0.15) is 10.5 Å². The first-order valence-corrected chi connectivity index (χ1v) is 9.09. The number of alkyl halides is 3. The Labute approximate surface area is 149 Å². The van der Waals surface area contributed by atoms with Crippen molar-refractivity contribution in [3.8, 4) is 0 Å². The van der Waals surface area contributed by atoms with Crippen LogP contribution in [0.15, 0.2) is 5.38 Å². The van der Waals surface area contributed by atoms with Gasteiger partial charge in [-0.1, -0.05) is 20.8 Å². The first-order chi connectivity index (χ1) is 11.5. The van der Waals surface area contributed by atoms with Gasteiger partial charge in [0.25, 0.3) is 0 Å². The van der Waals surface area contributed by atoms with Gasteiger partial charge < -0.3 is 15.8 Å². The van der Waals surface area contributed by atoms with Crippen molar-refractivity contribution in [1.82, 2.24) is 10.3 Å². The van der Waals surface area contributed by atoms with Gasteiger partial charge in [-0.25, -0.2) is 4.98 Å². The maximum Gasteiger partial charge on any atom is 0.434 e. The Balaban J connectivity index is 2.12. The first-order valence-electron chi connectivity index (χ1n) is 8.21. The molecule has 1 aliphatic carbocycles. The maximum atomic E-state index is 12.7. The Bertz CT molecular complexity index is 632. The highest BCUT2D eigenvalue weighted by molar-refractivity contribution is 7.09. The highest BCUT2D eigenvalue weighted by Gasteiger charge is 2.63. The molecule has 2 rings (SSSR count). The second-order valence-corrected chi connectivity index (χ2v) is 7.73. The van der Waals surface area contributed by atoms with Crippen LogP contribution in [0.5, 0.6) is 0 Å². The molecule has 0 saturated heterocycles. The molecule has 1 heterocycles. The summed E-state index contributed by atoms with van der Waals surface area (Å²) in [6, 6.07) is -0.601. The van der Waals surface area contributed by atoms with E-state index in [0.29, 0.717) is 19.4 Å². The van der Waals surface area contributed by atoms with E-state index in [1.807, 2.05) is 20.8 Å². The summed E-state index contributed by atoms with van der Waals surface area (Å²) in [5.74, 6) is -0.385. The molecule has 3 atom stereocenters. The quantitative estimate of drug-likeness (QED) is 0.795. The Morgan fingerprint density at radius 2 is 2.16 bits per heavy atom. The van der Waals surface area contributed by atoms with Crippen LogP contribution in [-0.2, 0) is 15.7 Å². The monoisotopic (exact) mass is 379 g/mol. The van der Waals surface area contributed by atoms with Crippen LogP contribution in [0.1, 0.15) is 57.3 Å². The molecule has 0 radical (unpaired) electrons. The van der Waals surface area contributed by atoms with Crippen molar-refractivity contribution in [1.29, 1.82) is 0 Å². The molecule has 1 fully saturated rings. The molecule has 0 aromatic carbocycles. The van der Waals surface area contributed by atoms with Crippen LogP contribution in [0.3, 0.4) is 0 Å². The number of halogens is 3. The molecular weight excluding hydrogens is 355 g/mol. The van der Waals surface area contributed by atoms with E-state index in [2.05, 4.69) is 10.3 Å². The van der Waals surface area contributed by atoms with E-state index >= 15 is 0 Å². The van der Waals surface area contributed by atoms with Gasteiger partial charge in [-0.3, -0.25) is 4.79 Å². The van der Waals surface area contributed by atoms with Crippen LogP contribution < -0.4 is 11.1 Å². The smallest absolute Gasteiger partial charge is 0.378 e. The summed E-state index contributed by atoms with van der Waals surface area (Å²) >= 11 is 0.885. The number of hydrogen-bond donors (Lipinski definition) is 2. The van der Waals surface area contributed by atoms with Crippen molar-refractivity contribution in [2.75, 3.05) is 6.61 Å². The zero-order valence-corrected chi connectivity index (χ0v) is 15.6. The van der Waals surface area contributed by atoms with E-state index in [1.165, 1.54) is 0 Å². The van der Waals surface area contributed by atoms with E-state index in [9.17, 15) is 18.0 Å². The average Bonchev–Trinajstić information content (AvgIpc) is 3.01. The van der Waals surface area contributed by atoms with Crippen molar-refractivity contribution < 1.29 is 22.7 Å². The number of carbonyl (C=O) groups is 1. The van der Waals surface area contributed by atoms with Gasteiger partial charge in [0.2, 0.25) is 5.91 Å². The molecule has 1 amide bonds. The molecule has 1 saturated carbocycles. The summed E-state index contributed by atoms with van der Waals surface area (Å²) < 4.78 is 43.8. The lowest BCUT2D eigenvalue weighted by molar-refractivity contribution is -0.171. The van der Waals surface area contributed by atoms with Crippen molar-refractivity contribution >= 4 is 17.2 Å². The molecule has 0 bridgehead atoms. The number of thiazole rings is 1. The predicted molar refractivity (Wildman–Crippen MR) is 89.0 cm³/mol. The highest BCUT2D eigenvalue weighted by Crippen LogP contribution is 2.50. The minimum Gasteiger partial charge on any atom is -0.378 e. The normalized spacial score (nSPS) is 26.8. The molecule has 25 heavy (non-hydrogen) atoms. The fourth-order valence-corrected chi connectivity index (χ4v) is 3.98. The van der Waals surface area contributed by atoms with Gasteiger partial charge in [0.15, 0.2) is 5.69 Å². The van der Waals surface area contributed by atoms with Gasteiger partial charge in [-0.05, 0) is 13.3 Å². The van der Waals surface area contributed by atoms with Crippen LogP contribution in [0.4, 0.5) is 13.2 Å². The van der Waals surface area contributed by atoms with Gasteiger partial charge in [0.05, 0.1) is 12.1 Å². The number of carbonyl (C=O) groups excluding carboxylic acids is 1. The number of nitrogens with one attached hydrogen (secondary N) is 1. The molecule has 1 aliphatic rings. The highest BCUT2D eigenvalue weighted by atomic mass is 32.1. The Hall–Kier alpha value is -1.19. The molecule has 9 heteroatoms. The number of rotatable bonds is 6. The second-order valence-electron chi connectivity index (χ2n) is 6.84. The van der Waals surface area contributed by atoms with Crippen LogP contribution in [0.25, 0.3) is 0 Å². The van der Waals surface area contributed by atoms with E-state index in [0.717, 1.165) is 16.7 Å². The lowest BCUT2D eigenvalue weighted by Gasteiger charge is -2.57. The van der Waals surface area contributed by atoms with Gasteiger partial charge in [-0.15, -0.1) is 11.3 Å². The second kappa shape index (κ2) is 6.85. The number of aromatic nitrogens is 1. The molecule has 3 unspecified atom stereocenters. The van der Waals surface area contributed by atoms with Crippen LogP contribution in [0, 0.1) is 5.41 Å². The molecule has 5 nitrogen and oxygen atoms in total. The SMILES string of the molecule is CCOC1CC(N)(C(=O)NC(CC)c2nc(C(F)(F)F)cs2)C1(C)C. The third kappa shape index (κ3) is 3.54. The van der Waals surface area contributed by atoms with Gasteiger partial charge in [-0.2, -0.15) is 13.2 Å². The fraction of sp³-hybridized carbons (Fsp3) is 0.750. The summed E-state index contributed by atoms with van der Waals surface area (Å²) in [7, 11) is 0. The lowest BCUT2D eigenvalue weighted by Crippen LogP contribution is -2.75. The fourth-order valence-electron chi connectivity index (χ4n) is 3.02. The molecule has 0 spiro atoms. The zero-order valence-electron chi connectivity index (χ0n) is 14.7. The van der Waals surface area contributed by atoms with E-state index in [4.69, 9.17) is 10.5 Å². The summed E-state index contributed by atoms with van der Waals surface area (Å²) in [5, 5.41) is 3.96. The standard InChI is InChI=1S/C16H24F3N3O2S/c1-5-9(12-22-10(8-25-12)16(17,18)19)21-13(23)15(20)7-11(24-6-2)14(15,3)4/h8-9,11H,5-7,20H2,1-4H3,(H,21,23). The van der Waals surface area contributed by atoms with Gasteiger partial charge in [0, 0.05) is 23.8 Å². The summed E-state index contributed by atoms with van der Waals surface area (Å²) in [6.45, 7) is 7.91. The van der Waals surface area contributed by atoms with Crippen LogP contribution in [0.2, 0.25) is 0 Å². The van der Waals surface area contributed by atoms with E-state index in [1.54, 1.807) is 6.92 Å². The summed E-state index contributed by atoms with van der Waals surface area (Å²) in [4.78, 5) is 16.3. The molecule has 142 valence electrons. The topological polar surface area (TPSA) is 77.2 Å². The third-order valence-electron chi connectivity index (χ3n) is 5.06. The average molecular weight is 379 g/mol. The van der Waals surface area contributed by atoms with Crippen molar-refractivity contribution in [2.45, 2.75) is 64.4 Å². The Morgan fingerprint density at radius 3 is 2.60 bits per heavy atom. The number of nitrogens with zero attached hydrogens (tertiary/aromatic N) is 1. The molecule has 1 aromatic rings. The van der Waals surface area contributed by atoms with Crippen LogP contribution in [-0.4, -0.2) is 29.1 Å². The van der Waals surface area contributed by atoms with E-state index in [-0.39, 0.29) is 17.0 Å². The van der Waals surface area contributed by atoms with Crippen molar-refractivity contribution in [3.63, 3.8) is 0 Å². The molecular formula is C16H24F3N3O2S. The number of nitrogens with two attached hydrogens (primary N) is 1. The predicted octanol–water partition coefficient (Wildman–Crippen LogP) is 3.26. The lowest BCUT2D eigenvalue weighted by atomic mass is 9.54. The first kappa shape index (κ1) is 20.1. The third-order valence-corrected chi connectivity index (χ3v) is 6.02. The van der Waals surface area contributed by atoms with Crippen molar-refractivity contribution in [3.05, 3.63) is 16.1 Å². The molecule has 0 aliphatic heterocycles. The Kier molecular flexibility index (Phi) is 5.51. The maximum absolute atomic E-state index is 12.7. The summed E-state index contributed by atoms with van der Waals surface area (Å²) in [5.41, 5.74) is 3.68. The van der Waals surface area contributed by atoms with E-state index < -0.39 is 28.9 Å². The van der Waals surface area contributed by atoms with Crippen molar-refractivity contribution in [2.24, 2.45) is 11.1 Å². The zero-order chi connectivity index (χ0) is 19.0. The van der Waals surface area contributed by atoms with Gasteiger partial charge >= 0.3 is 6.18 Å². The minimum absolute atomic E-state index is 0.120. The summed E-state index contributed by atoms with van der Waals surface area (Å²) in [6.07, 6.45) is -3.82. The minimum atomic E-state index is -4.49. The largest absolute Gasteiger partial charge is 0.434 e. The molecule has 1 aromatic heterocycles. The molecule has 3 N–H and O–H groups in total. The van der Waals surface area contributed by atoms with Crippen LogP contribution >= 0.6 is 11.3 Å². The Morgan fingerprint density at radius 1 is 1.52 bits per heavy atom. The number of hydrogen-bond acceptors (Lipinski definition) is 5. The number of ether oxygens (including phenoxy) is 1.